The van der Waals surface area contributed by atoms with E-state index in [0.29, 0.717) is 18.7 Å². The normalized spacial score (nSPS) is 18.7. The van der Waals surface area contributed by atoms with Gasteiger partial charge in [-0.3, -0.25) is 9.59 Å². The van der Waals surface area contributed by atoms with Gasteiger partial charge in [0.05, 0.1) is 0 Å². The molecule has 1 unspecified atom stereocenters. The number of carbonyl (C=O) groups excluding carboxylic acids is 2. The molecule has 2 rings (SSSR count). The molecule has 21 heavy (non-hydrogen) atoms. The summed E-state index contributed by atoms with van der Waals surface area (Å²) in [7, 11) is 0. The third-order valence-electron chi connectivity index (χ3n) is 3.58. The van der Waals surface area contributed by atoms with E-state index in [9.17, 15) is 14.0 Å². The number of halogens is 1. The second-order valence-corrected chi connectivity index (χ2v) is 6.47. The van der Waals surface area contributed by atoms with Gasteiger partial charge in [0.25, 0.3) is 5.91 Å². The maximum Gasteiger partial charge on any atom is 0.253 e. The highest BCUT2D eigenvalue weighted by Gasteiger charge is 2.30. The largest absolute Gasteiger partial charge is 0.351 e. The van der Waals surface area contributed by atoms with Gasteiger partial charge in [0.15, 0.2) is 0 Å². The Kier molecular flexibility index (Phi) is 4.30. The Morgan fingerprint density at radius 2 is 1.86 bits per heavy atom. The maximum absolute atomic E-state index is 12.9. The van der Waals surface area contributed by atoms with Crippen LogP contribution in [0.3, 0.4) is 0 Å². The predicted molar refractivity (Wildman–Crippen MR) is 78.3 cm³/mol. The first kappa shape index (κ1) is 15.5. The van der Waals surface area contributed by atoms with Crippen LogP contribution in [0.5, 0.6) is 0 Å². The standard InChI is InChI=1S/C16H21FN2O2/c1-16(2,3)15(21)18-13-8-9-19(10-13)14(20)11-4-6-12(17)7-5-11/h4-7,13H,8-10H2,1-3H3,(H,18,21). The van der Waals surface area contributed by atoms with Crippen molar-refractivity contribution in [3.05, 3.63) is 35.6 Å². The number of likely N-dealkylation sites (tertiary alicyclic amines) is 1. The van der Waals surface area contributed by atoms with E-state index >= 15 is 0 Å². The summed E-state index contributed by atoms with van der Waals surface area (Å²) in [5, 5.41) is 2.97. The van der Waals surface area contributed by atoms with Crippen LogP contribution in [-0.2, 0) is 4.79 Å². The quantitative estimate of drug-likeness (QED) is 0.908. The van der Waals surface area contributed by atoms with Crippen molar-refractivity contribution < 1.29 is 14.0 Å². The SMILES string of the molecule is CC(C)(C)C(=O)NC1CCN(C(=O)c2ccc(F)cc2)C1. The zero-order valence-corrected chi connectivity index (χ0v) is 12.6. The summed E-state index contributed by atoms with van der Waals surface area (Å²) in [6, 6.07) is 5.52. The predicted octanol–water partition coefficient (Wildman–Crippen LogP) is 2.20. The van der Waals surface area contributed by atoms with Crippen molar-refractivity contribution >= 4 is 11.8 Å². The van der Waals surface area contributed by atoms with E-state index in [4.69, 9.17) is 0 Å². The van der Waals surface area contributed by atoms with E-state index < -0.39 is 5.41 Å². The molecule has 1 aromatic carbocycles. The van der Waals surface area contributed by atoms with Crippen LogP contribution in [0.2, 0.25) is 0 Å². The first-order chi connectivity index (χ1) is 9.77. The average Bonchev–Trinajstić information content (AvgIpc) is 2.86. The first-order valence-corrected chi connectivity index (χ1v) is 7.13. The highest BCUT2D eigenvalue weighted by molar-refractivity contribution is 5.94. The van der Waals surface area contributed by atoms with Crippen molar-refractivity contribution in [3.63, 3.8) is 0 Å². The van der Waals surface area contributed by atoms with Crippen LogP contribution in [0.15, 0.2) is 24.3 Å². The molecule has 1 aliphatic heterocycles. The molecule has 1 N–H and O–H groups in total. The number of hydrogen-bond acceptors (Lipinski definition) is 2. The maximum atomic E-state index is 12.9. The van der Waals surface area contributed by atoms with Gasteiger partial charge in [-0.1, -0.05) is 20.8 Å². The lowest BCUT2D eigenvalue weighted by atomic mass is 9.95. The van der Waals surface area contributed by atoms with Gasteiger partial charge in [-0.15, -0.1) is 0 Å². The number of nitrogens with zero attached hydrogens (tertiary/aromatic N) is 1. The summed E-state index contributed by atoms with van der Waals surface area (Å²) in [6.45, 7) is 6.68. The Morgan fingerprint density at radius 3 is 2.43 bits per heavy atom. The second-order valence-electron chi connectivity index (χ2n) is 6.47. The zero-order chi connectivity index (χ0) is 15.6. The number of nitrogens with one attached hydrogen (secondary N) is 1. The lowest BCUT2D eigenvalue weighted by Gasteiger charge is -2.22. The first-order valence-electron chi connectivity index (χ1n) is 7.13. The molecule has 114 valence electrons. The molecule has 1 heterocycles. The summed E-state index contributed by atoms with van der Waals surface area (Å²) in [5.41, 5.74) is 0.0354. The van der Waals surface area contributed by atoms with E-state index in [1.165, 1.54) is 24.3 Å². The minimum Gasteiger partial charge on any atom is -0.351 e. The molecule has 1 saturated heterocycles. The molecule has 0 spiro atoms. The van der Waals surface area contributed by atoms with E-state index in [0.717, 1.165) is 6.42 Å². The van der Waals surface area contributed by atoms with Crippen LogP contribution < -0.4 is 5.32 Å². The summed E-state index contributed by atoms with van der Waals surface area (Å²) < 4.78 is 12.9. The van der Waals surface area contributed by atoms with Crippen LogP contribution in [0.4, 0.5) is 4.39 Å². The van der Waals surface area contributed by atoms with Crippen molar-refractivity contribution in [2.24, 2.45) is 5.41 Å². The van der Waals surface area contributed by atoms with E-state index in [2.05, 4.69) is 5.32 Å². The zero-order valence-electron chi connectivity index (χ0n) is 12.6. The minimum absolute atomic E-state index is 0.0106. The molecule has 0 saturated carbocycles. The number of carbonyl (C=O) groups is 2. The lowest BCUT2D eigenvalue weighted by molar-refractivity contribution is -0.129. The molecule has 0 radical (unpaired) electrons. The second kappa shape index (κ2) is 5.84. The van der Waals surface area contributed by atoms with Gasteiger partial charge in [-0.25, -0.2) is 4.39 Å². The number of rotatable bonds is 2. The van der Waals surface area contributed by atoms with Crippen LogP contribution in [0.1, 0.15) is 37.6 Å². The molecule has 1 fully saturated rings. The molecule has 0 aliphatic carbocycles. The number of hydrogen-bond donors (Lipinski definition) is 1. The van der Waals surface area contributed by atoms with Crippen LogP contribution in [0.25, 0.3) is 0 Å². The van der Waals surface area contributed by atoms with Crippen molar-refractivity contribution in [1.82, 2.24) is 10.2 Å². The molecular weight excluding hydrogens is 271 g/mol. The molecule has 4 nitrogen and oxygen atoms in total. The fourth-order valence-electron chi connectivity index (χ4n) is 2.24. The average molecular weight is 292 g/mol. The van der Waals surface area contributed by atoms with Crippen LogP contribution in [-0.4, -0.2) is 35.8 Å². The monoisotopic (exact) mass is 292 g/mol. The van der Waals surface area contributed by atoms with Gasteiger partial charge in [0.2, 0.25) is 5.91 Å². The van der Waals surface area contributed by atoms with Gasteiger partial charge in [0.1, 0.15) is 5.82 Å². The molecule has 0 aromatic heterocycles. The van der Waals surface area contributed by atoms with Crippen molar-refractivity contribution in [2.75, 3.05) is 13.1 Å². The molecule has 1 aliphatic rings. The molecule has 0 bridgehead atoms. The molecule has 5 heteroatoms. The van der Waals surface area contributed by atoms with E-state index in [-0.39, 0.29) is 23.7 Å². The van der Waals surface area contributed by atoms with Crippen LogP contribution in [0, 0.1) is 11.2 Å². The summed E-state index contributed by atoms with van der Waals surface area (Å²) in [6.07, 6.45) is 0.745. The molecule has 1 aromatic rings. The van der Waals surface area contributed by atoms with Gasteiger partial charge in [0, 0.05) is 30.1 Å². The Morgan fingerprint density at radius 1 is 1.24 bits per heavy atom. The summed E-state index contributed by atoms with van der Waals surface area (Å²) >= 11 is 0. The number of benzene rings is 1. The molecule has 2 amide bonds. The summed E-state index contributed by atoms with van der Waals surface area (Å²) in [4.78, 5) is 25.9. The van der Waals surface area contributed by atoms with Gasteiger partial charge in [-0.05, 0) is 30.7 Å². The van der Waals surface area contributed by atoms with Crippen LogP contribution >= 0.6 is 0 Å². The molecule has 1 atom stereocenters. The Hall–Kier alpha value is -1.91. The third-order valence-corrected chi connectivity index (χ3v) is 3.58. The van der Waals surface area contributed by atoms with E-state index in [1.807, 2.05) is 20.8 Å². The van der Waals surface area contributed by atoms with Gasteiger partial charge < -0.3 is 10.2 Å². The highest BCUT2D eigenvalue weighted by atomic mass is 19.1. The molecular formula is C16H21FN2O2. The van der Waals surface area contributed by atoms with Crippen molar-refractivity contribution in [2.45, 2.75) is 33.2 Å². The van der Waals surface area contributed by atoms with E-state index in [1.54, 1.807) is 4.90 Å². The van der Waals surface area contributed by atoms with Gasteiger partial charge in [-0.2, -0.15) is 0 Å². The Labute approximate surface area is 124 Å². The Balaban J connectivity index is 1.94. The highest BCUT2D eigenvalue weighted by Crippen LogP contribution is 2.17. The minimum atomic E-state index is -0.436. The lowest BCUT2D eigenvalue weighted by Crippen LogP contribution is -2.43. The van der Waals surface area contributed by atoms with Gasteiger partial charge >= 0.3 is 0 Å². The van der Waals surface area contributed by atoms with Crippen molar-refractivity contribution in [1.29, 1.82) is 0 Å². The number of amides is 2. The fraction of sp³-hybridized carbons (Fsp3) is 0.500. The third kappa shape index (κ3) is 3.80. The summed E-state index contributed by atoms with van der Waals surface area (Å²) in [5.74, 6) is -0.491. The Bertz CT molecular complexity index is 534. The van der Waals surface area contributed by atoms with Crippen molar-refractivity contribution in [3.8, 4) is 0 Å². The topological polar surface area (TPSA) is 49.4 Å². The smallest absolute Gasteiger partial charge is 0.253 e. The fourth-order valence-corrected chi connectivity index (χ4v) is 2.24.